The fourth-order valence-electron chi connectivity index (χ4n) is 3.15. The van der Waals surface area contributed by atoms with Gasteiger partial charge in [0.25, 0.3) is 0 Å². The Hall–Kier alpha value is -3.37. The molecule has 0 saturated carbocycles. The third-order valence-electron chi connectivity index (χ3n) is 4.41. The summed E-state index contributed by atoms with van der Waals surface area (Å²) in [7, 11) is 0. The van der Waals surface area contributed by atoms with Crippen molar-refractivity contribution in [1.82, 2.24) is 0 Å². The first-order chi connectivity index (χ1) is 14.8. The van der Waals surface area contributed by atoms with E-state index in [0.29, 0.717) is 11.1 Å². The molecule has 3 aromatic rings. The molecule has 0 unspecified atom stereocenters. The fraction of sp³-hybridized carbons (Fsp3) is 0.286. The number of ether oxygens (including phenoxy) is 2. The van der Waals surface area contributed by atoms with Gasteiger partial charge in [0.15, 0.2) is 0 Å². The van der Waals surface area contributed by atoms with E-state index in [9.17, 15) is 31.1 Å². The summed E-state index contributed by atoms with van der Waals surface area (Å²) < 4.78 is 92.8. The van der Waals surface area contributed by atoms with Crippen molar-refractivity contribution >= 4 is 16.9 Å². The molecule has 5 nitrogen and oxygen atoms in total. The molecule has 0 aliphatic rings. The minimum Gasteiger partial charge on any atom is -0.489 e. The highest BCUT2D eigenvalue weighted by Gasteiger charge is 2.34. The number of halogens is 6. The van der Waals surface area contributed by atoms with Crippen LogP contribution in [0.5, 0.6) is 11.5 Å². The lowest BCUT2D eigenvalue weighted by Crippen LogP contribution is -2.17. The smallest absolute Gasteiger partial charge is 0.489 e. The van der Waals surface area contributed by atoms with E-state index in [4.69, 9.17) is 14.3 Å². The molecule has 0 bridgehead atoms. The van der Waals surface area contributed by atoms with Crippen molar-refractivity contribution in [2.75, 3.05) is 0 Å². The molecule has 1 N–H and O–H groups in total. The van der Waals surface area contributed by atoms with E-state index < -0.39 is 42.8 Å². The third-order valence-corrected chi connectivity index (χ3v) is 4.41. The van der Waals surface area contributed by atoms with Crippen LogP contribution in [0.3, 0.4) is 0 Å². The van der Waals surface area contributed by atoms with Crippen molar-refractivity contribution in [2.24, 2.45) is 0 Å². The number of rotatable bonds is 7. The lowest BCUT2D eigenvalue weighted by atomic mass is 10.0. The molecule has 1 aromatic heterocycles. The topological polar surface area (TPSA) is 68.9 Å². The Morgan fingerprint density at radius 3 is 2.34 bits per heavy atom. The molecule has 0 spiro atoms. The second kappa shape index (κ2) is 8.64. The molecule has 1 heterocycles. The van der Waals surface area contributed by atoms with Gasteiger partial charge in [-0.25, -0.2) is 0 Å². The van der Waals surface area contributed by atoms with E-state index in [1.165, 1.54) is 12.1 Å². The highest BCUT2D eigenvalue weighted by Crippen LogP contribution is 2.36. The zero-order valence-electron chi connectivity index (χ0n) is 16.4. The van der Waals surface area contributed by atoms with Gasteiger partial charge in [-0.05, 0) is 49.2 Å². The Kier molecular flexibility index (Phi) is 6.29. The molecular weight excluding hydrogens is 446 g/mol. The number of alkyl halides is 6. The molecule has 0 amide bonds. The van der Waals surface area contributed by atoms with Gasteiger partial charge in [0.2, 0.25) is 0 Å². The summed E-state index contributed by atoms with van der Waals surface area (Å²) in [5.41, 5.74) is -0.911. The van der Waals surface area contributed by atoms with Gasteiger partial charge in [0.05, 0.1) is 5.56 Å². The third kappa shape index (κ3) is 5.86. The molecule has 172 valence electrons. The number of carboxylic acid groups (broad SMARTS) is 1. The molecular formula is C21H16F6O5. The minimum absolute atomic E-state index is 0.137. The van der Waals surface area contributed by atoms with E-state index >= 15 is 0 Å². The molecule has 2 aromatic carbocycles. The maximum absolute atomic E-state index is 13.4. The number of carbonyl (C=O) groups is 1. The first kappa shape index (κ1) is 23.3. The van der Waals surface area contributed by atoms with Crippen molar-refractivity contribution in [2.45, 2.75) is 38.9 Å². The molecule has 0 aliphatic carbocycles. The van der Waals surface area contributed by atoms with Crippen LogP contribution in [0.1, 0.15) is 28.9 Å². The predicted molar refractivity (Wildman–Crippen MR) is 99.4 cm³/mol. The van der Waals surface area contributed by atoms with Crippen molar-refractivity contribution < 1.29 is 50.1 Å². The lowest BCUT2D eigenvalue weighted by Gasteiger charge is -2.15. The van der Waals surface area contributed by atoms with Gasteiger partial charge < -0.3 is 19.0 Å². The lowest BCUT2D eigenvalue weighted by molar-refractivity contribution is -0.274. The number of fused-ring (bicyclic) bond motifs is 1. The SMILES string of the molecule is Cc1cc2cc(OC(F)(F)F)cc(COc3ccc(CCC(=O)O)c(C(F)(F)F)c3)c2o1. The van der Waals surface area contributed by atoms with Crippen LogP contribution in [0, 0.1) is 6.92 Å². The molecule has 0 radical (unpaired) electrons. The molecule has 0 fully saturated rings. The Morgan fingerprint density at radius 1 is 1.00 bits per heavy atom. The number of furan rings is 1. The van der Waals surface area contributed by atoms with Gasteiger partial charge in [0.1, 0.15) is 29.4 Å². The van der Waals surface area contributed by atoms with E-state index in [2.05, 4.69) is 4.74 Å². The Morgan fingerprint density at radius 2 is 1.72 bits per heavy atom. The number of aliphatic carboxylic acids is 1. The van der Waals surface area contributed by atoms with Gasteiger partial charge in [-0.15, -0.1) is 13.2 Å². The average Bonchev–Trinajstić information content (AvgIpc) is 3.02. The first-order valence-corrected chi connectivity index (χ1v) is 9.15. The largest absolute Gasteiger partial charge is 0.573 e. The quantitative estimate of drug-likeness (QED) is 0.420. The van der Waals surface area contributed by atoms with Crippen LogP contribution in [0.2, 0.25) is 0 Å². The molecule has 3 rings (SSSR count). The summed E-state index contributed by atoms with van der Waals surface area (Å²) in [6.07, 6.45) is -10.5. The zero-order valence-corrected chi connectivity index (χ0v) is 16.4. The number of benzene rings is 2. The minimum atomic E-state index is -4.93. The first-order valence-electron chi connectivity index (χ1n) is 9.15. The molecule has 11 heteroatoms. The number of hydrogen-bond acceptors (Lipinski definition) is 4. The van der Waals surface area contributed by atoms with E-state index in [1.807, 2.05) is 0 Å². The molecule has 0 aliphatic heterocycles. The highest BCUT2D eigenvalue weighted by atomic mass is 19.4. The summed E-state index contributed by atoms with van der Waals surface area (Å²) in [5, 5.41) is 9.03. The summed E-state index contributed by atoms with van der Waals surface area (Å²) in [6, 6.07) is 6.70. The monoisotopic (exact) mass is 462 g/mol. The maximum Gasteiger partial charge on any atom is 0.573 e. The van der Waals surface area contributed by atoms with Crippen LogP contribution in [0.25, 0.3) is 11.0 Å². The van der Waals surface area contributed by atoms with Gasteiger partial charge in [-0.1, -0.05) is 6.07 Å². The van der Waals surface area contributed by atoms with Crippen molar-refractivity contribution in [3.63, 3.8) is 0 Å². The van der Waals surface area contributed by atoms with Crippen LogP contribution in [0.15, 0.2) is 40.8 Å². The van der Waals surface area contributed by atoms with Crippen molar-refractivity contribution in [3.05, 3.63) is 58.8 Å². The predicted octanol–water partition coefficient (Wildman–Crippen LogP) is 6.25. The van der Waals surface area contributed by atoms with Crippen LogP contribution in [-0.2, 0) is 24.0 Å². The summed E-state index contributed by atoms with van der Waals surface area (Å²) in [4.78, 5) is 10.7. The Balaban J connectivity index is 1.89. The van der Waals surface area contributed by atoms with Crippen LogP contribution >= 0.6 is 0 Å². The highest BCUT2D eigenvalue weighted by molar-refractivity contribution is 5.83. The average molecular weight is 462 g/mol. The second-order valence-corrected chi connectivity index (χ2v) is 6.90. The van der Waals surface area contributed by atoms with E-state index in [0.717, 1.165) is 24.3 Å². The number of carboxylic acids is 1. The standard InChI is InChI=1S/C21H16F6O5/c1-11-6-13-7-16(32-21(25,26)27)8-14(19(13)31-11)10-30-15-4-2-12(3-5-18(28)29)17(9-15)20(22,23)24/h2,4,6-9H,3,5,10H2,1H3,(H,28,29). The van der Waals surface area contributed by atoms with Crippen LogP contribution < -0.4 is 9.47 Å². The summed E-state index contributed by atoms with van der Waals surface area (Å²) >= 11 is 0. The summed E-state index contributed by atoms with van der Waals surface area (Å²) in [6.45, 7) is 1.19. The molecule has 0 atom stereocenters. The van der Waals surface area contributed by atoms with Gasteiger partial charge in [0, 0.05) is 17.4 Å². The number of aryl methyl sites for hydroxylation is 2. The van der Waals surface area contributed by atoms with Gasteiger partial charge in [-0.2, -0.15) is 13.2 Å². The number of hydrogen-bond donors (Lipinski definition) is 1. The van der Waals surface area contributed by atoms with Crippen LogP contribution in [-0.4, -0.2) is 17.4 Å². The molecule has 32 heavy (non-hydrogen) atoms. The van der Waals surface area contributed by atoms with E-state index in [1.54, 1.807) is 6.92 Å². The normalized spacial score (nSPS) is 12.2. The van der Waals surface area contributed by atoms with Crippen LogP contribution in [0.4, 0.5) is 26.3 Å². The van der Waals surface area contributed by atoms with Gasteiger partial charge >= 0.3 is 18.5 Å². The van der Waals surface area contributed by atoms with Crippen molar-refractivity contribution in [3.8, 4) is 11.5 Å². The summed E-state index contributed by atoms with van der Waals surface area (Å²) in [5.74, 6) is -1.55. The van der Waals surface area contributed by atoms with E-state index in [-0.39, 0.29) is 28.9 Å². The Bertz CT molecular complexity index is 1130. The van der Waals surface area contributed by atoms with Crippen molar-refractivity contribution in [1.29, 1.82) is 0 Å². The maximum atomic E-state index is 13.4. The zero-order chi connectivity index (χ0) is 23.7. The second-order valence-electron chi connectivity index (χ2n) is 6.90. The molecule has 0 saturated heterocycles. The fourth-order valence-corrected chi connectivity index (χ4v) is 3.15. The Labute approximate surface area is 177 Å². The van der Waals surface area contributed by atoms with Gasteiger partial charge in [-0.3, -0.25) is 4.79 Å².